The number of rotatable bonds is 23. The zero-order valence-corrected chi connectivity index (χ0v) is 26.9. The van der Waals surface area contributed by atoms with Crippen molar-refractivity contribution in [3.05, 3.63) is 59.7 Å². The number of esters is 2. The molecule has 0 N–H and O–H groups in total. The van der Waals surface area contributed by atoms with Gasteiger partial charge in [0.25, 0.3) is 0 Å². The zero-order chi connectivity index (χ0) is 30.4. The predicted molar refractivity (Wildman–Crippen MR) is 174 cm³/mol. The topological polar surface area (TPSA) is 59.1 Å². The Morgan fingerprint density at radius 2 is 0.762 bits per heavy atom. The highest BCUT2D eigenvalue weighted by atomic mass is 16.5. The third-order valence-electron chi connectivity index (χ3n) is 7.59. The molecule has 0 saturated carbocycles. The molecule has 0 aliphatic carbocycles. The van der Waals surface area contributed by atoms with Crippen LogP contribution in [0.15, 0.2) is 48.5 Å². The maximum absolute atomic E-state index is 12.5. The molecule has 234 valence electrons. The van der Waals surface area contributed by atoms with E-state index in [-0.39, 0.29) is 11.9 Å². The molecule has 0 fully saturated rings. The minimum Gasteiger partial charge on any atom is -0.462 e. The Labute approximate surface area is 255 Å². The van der Waals surface area contributed by atoms with Crippen LogP contribution in [0, 0.1) is 0 Å². The average Bonchev–Trinajstić information content (AvgIpc) is 3.03. The molecule has 0 amide bonds. The van der Waals surface area contributed by atoms with E-state index in [1.165, 1.54) is 51.4 Å². The number of nitrogens with zero attached hydrogens (tertiary/aromatic N) is 2. The van der Waals surface area contributed by atoms with Crippen molar-refractivity contribution in [2.24, 2.45) is 0 Å². The van der Waals surface area contributed by atoms with Gasteiger partial charge < -0.3 is 19.3 Å². The molecule has 0 bridgehead atoms. The monoisotopic (exact) mass is 580 g/mol. The Balaban J connectivity index is 1.77. The first kappa shape index (κ1) is 35.5. The molecule has 0 aliphatic heterocycles. The van der Waals surface area contributed by atoms with E-state index in [1.54, 1.807) is 24.3 Å². The van der Waals surface area contributed by atoms with E-state index in [1.807, 2.05) is 24.3 Å². The molecular formula is C36H56N2O4. The van der Waals surface area contributed by atoms with Crippen molar-refractivity contribution >= 4 is 11.9 Å². The number of benzene rings is 2. The highest BCUT2D eigenvalue weighted by Crippen LogP contribution is 2.21. The van der Waals surface area contributed by atoms with E-state index in [4.69, 9.17) is 9.47 Å². The smallest absolute Gasteiger partial charge is 0.338 e. The van der Waals surface area contributed by atoms with Gasteiger partial charge in [-0.1, -0.05) is 77.6 Å². The van der Waals surface area contributed by atoms with E-state index in [0.29, 0.717) is 24.3 Å². The lowest BCUT2D eigenvalue weighted by atomic mass is 10.0. The van der Waals surface area contributed by atoms with Gasteiger partial charge in [-0.3, -0.25) is 0 Å². The van der Waals surface area contributed by atoms with Gasteiger partial charge in [-0.25, -0.2) is 9.59 Å². The molecule has 0 atom stereocenters. The molecular weight excluding hydrogens is 524 g/mol. The van der Waals surface area contributed by atoms with Crippen LogP contribution in [0.4, 0.5) is 0 Å². The van der Waals surface area contributed by atoms with E-state index in [9.17, 15) is 9.59 Å². The number of hydrogen-bond acceptors (Lipinski definition) is 6. The van der Waals surface area contributed by atoms with Gasteiger partial charge in [-0.15, -0.1) is 0 Å². The summed E-state index contributed by atoms with van der Waals surface area (Å²) in [5.41, 5.74) is 3.06. The lowest BCUT2D eigenvalue weighted by Gasteiger charge is -2.21. The summed E-state index contributed by atoms with van der Waals surface area (Å²) in [6.07, 6.45) is 11.3. The van der Waals surface area contributed by atoms with Crippen LogP contribution in [-0.4, -0.2) is 74.2 Å². The number of unbranched alkanes of at least 4 members (excludes halogenated alkanes) is 4. The fourth-order valence-corrected chi connectivity index (χ4v) is 4.87. The molecule has 2 rings (SSSR count). The van der Waals surface area contributed by atoms with Crippen LogP contribution in [0.2, 0.25) is 0 Å². The molecule has 0 aromatic heterocycles. The summed E-state index contributed by atoms with van der Waals surface area (Å²) >= 11 is 0. The molecule has 2 aromatic rings. The highest BCUT2D eigenvalue weighted by Gasteiger charge is 2.11. The van der Waals surface area contributed by atoms with Crippen molar-refractivity contribution in [3.63, 3.8) is 0 Å². The summed E-state index contributed by atoms with van der Waals surface area (Å²) < 4.78 is 11.1. The molecule has 0 saturated heterocycles. The second-order valence-corrected chi connectivity index (χ2v) is 11.2. The lowest BCUT2D eigenvalue weighted by molar-refractivity contribution is 0.0478. The normalized spacial score (nSPS) is 11.3. The van der Waals surface area contributed by atoms with Crippen molar-refractivity contribution in [1.82, 2.24) is 9.80 Å². The Morgan fingerprint density at radius 1 is 0.476 bits per heavy atom. The first-order valence-electron chi connectivity index (χ1n) is 16.5. The Kier molecular flexibility index (Phi) is 18.5. The van der Waals surface area contributed by atoms with Crippen molar-refractivity contribution < 1.29 is 19.1 Å². The van der Waals surface area contributed by atoms with Gasteiger partial charge in [-0.2, -0.15) is 0 Å². The lowest BCUT2D eigenvalue weighted by Crippen LogP contribution is -2.28. The van der Waals surface area contributed by atoms with Crippen LogP contribution in [0.5, 0.6) is 0 Å². The summed E-state index contributed by atoms with van der Waals surface area (Å²) in [6, 6.07) is 14.9. The molecule has 6 nitrogen and oxygen atoms in total. The van der Waals surface area contributed by atoms with Gasteiger partial charge in [0.05, 0.1) is 24.3 Å². The Hall–Kier alpha value is -2.70. The minimum atomic E-state index is -0.285. The fourth-order valence-electron chi connectivity index (χ4n) is 4.87. The molecule has 0 heterocycles. The van der Waals surface area contributed by atoms with Crippen molar-refractivity contribution in [3.8, 4) is 11.1 Å². The third kappa shape index (κ3) is 14.0. The van der Waals surface area contributed by atoms with Crippen LogP contribution in [0.1, 0.15) is 113 Å². The molecule has 42 heavy (non-hydrogen) atoms. The summed E-state index contributed by atoms with van der Waals surface area (Å²) in [5, 5.41) is 0. The van der Waals surface area contributed by atoms with Crippen LogP contribution >= 0.6 is 0 Å². The van der Waals surface area contributed by atoms with Gasteiger partial charge in [-0.05, 0) is 100 Å². The van der Waals surface area contributed by atoms with Gasteiger partial charge >= 0.3 is 11.9 Å². The Bertz CT molecular complexity index is 893. The zero-order valence-electron chi connectivity index (χ0n) is 26.9. The van der Waals surface area contributed by atoms with Gasteiger partial charge in [0.1, 0.15) is 0 Å². The summed E-state index contributed by atoms with van der Waals surface area (Å²) in [4.78, 5) is 30.1. The van der Waals surface area contributed by atoms with Crippen LogP contribution < -0.4 is 0 Å². The van der Waals surface area contributed by atoms with Crippen LogP contribution in [0.25, 0.3) is 11.1 Å². The molecule has 0 aliphatic rings. The largest absolute Gasteiger partial charge is 0.462 e. The molecule has 0 unspecified atom stereocenters. The average molecular weight is 581 g/mol. The van der Waals surface area contributed by atoms with Gasteiger partial charge in [0.2, 0.25) is 0 Å². The number of carbonyl (C=O) groups is 2. The van der Waals surface area contributed by atoms with Crippen molar-refractivity contribution in [2.45, 2.75) is 91.9 Å². The molecule has 2 aromatic carbocycles. The van der Waals surface area contributed by atoms with E-state index >= 15 is 0 Å². The van der Waals surface area contributed by atoms with Gasteiger partial charge in [0.15, 0.2) is 0 Å². The van der Waals surface area contributed by atoms with Crippen LogP contribution in [0.3, 0.4) is 0 Å². The second kappa shape index (κ2) is 21.9. The highest BCUT2D eigenvalue weighted by molar-refractivity contribution is 5.91. The van der Waals surface area contributed by atoms with Crippen LogP contribution in [-0.2, 0) is 9.47 Å². The van der Waals surface area contributed by atoms with Crippen molar-refractivity contribution in [1.29, 1.82) is 0 Å². The first-order chi connectivity index (χ1) is 20.5. The third-order valence-corrected chi connectivity index (χ3v) is 7.59. The van der Waals surface area contributed by atoms with E-state index in [0.717, 1.165) is 63.2 Å². The predicted octanol–water partition coefficient (Wildman–Crippen LogP) is 8.25. The van der Waals surface area contributed by atoms with Gasteiger partial charge in [0, 0.05) is 13.1 Å². The standard InChI is InChI=1S/C36H56N2O4/c1-5-9-23-37(24-10-6-2)27-13-29-41-35(39)33-19-15-31(16-20-33)32-17-21-34(22-18-32)36(40)42-30-14-28-38(25-11-7-3)26-12-8-4/h15-22H,5-14,23-30H2,1-4H3. The number of hydrogen-bond donors (Lipinski definition) is 0. The van der Waals surface area contributed by atoms with Crippen molar-refractivity contribution in [2.75, 3.05) is 52.5 Å². The quantitative estimate of drug-likeness (QED) is 0.0974. The SMILES string of the molecule is CCCCN(CCCC)CCCOC(=O)c1ccc(-c2ccc(C(=O)OCCCN(CCCC)CCCC)cc2)cc1. The molecule has 0 radical (unpaired) electrons. The maximum Gasteiger partial charge on any atom is 0.338 e. The summed E-state index contributed by atoms with van der Waals surface area (Å²) in [6.45, 7) is 16.1. The second-order valence-electron chi connectivity index (χ2n) is 11.2. The first-order valence-corrected chi connectivity index (χ1v) is 16.5. The summed E-state index contributed by atoms with van der Waals surface area (Å²) in [5.74, 6) is -0.570. The Morgan fingerprint density at radius 3 is 1.05 bits per heavy atom. The number of ether oxygens (including phenoxy) is 2. The minimum absolute atomic E-state index is 0.285. The fraction of sp³-hybridized carbons (Fsp3) is 0.611. The summed E-state index contributed by atoms with van der Waals surface area (Å²) in [7, 11) is 0. The number of carbonyl (C=O) groups excluding carboxylic acids is 2. The molecule has 0 spiro atoms. The van der Waals surface area contributed by atoms with E-state index < -0.39 is 0 Å². The maximum atomic E-state index is 12.5. The van der Waals surface area contributed by atoms with E-state index in [2.05, 4.69) is 37.5 Å². The molecule has 6 heteroatoms.